The molecule has 1 aliphatic rings. The third-order valence-corrected chi connectivity index (χ3v) is 4.26. The van der Waals surface area contributed by atoms with Gasteiger partial charge in [0.1, 0.15) is 11.8 Å². The summed E-state index contributed by atoms with van der Waals surface area (Å²) < 4.78 is 0. The lowest BCUT2D eigenvalue weighted by molar-refractivity contribution is -0.137. The summed E-state index contributed by atoms with van der Waals surface area (Å²) in [5, 5.41) is 8.59. The van der Waals surface area contributed by atoms with Crippen LogP contribution in [0, 0.1) is 5.92 Å². The summed E-state index contributed by atoms with van der Waals surface area (Å²) in [7, 11) is 0. The van der Waals surface area contributed by atoms with E-state index in [1.165, 1.54) is 31.0 Å². The van der Waals surface area contributed by atoms with Crippen molar-refractivity contribution in [3.63, 3.8) is 0 Å². The highest BCUT2D eigenvalue weighted by Gasteiger charge is 2.20. The van der Waals surface area contributed by atoms with Gasteiger partial charge in [-0.2, -0.15) is 11.8 Å². The summed E-state index contributed by atoms with van der Waals surface area (Å²) in [6.45, 7) is 0. The highest BCUT2D eigenvalue weighted by Crippen LogP contribution is 2.25. The van der Waals surface area contributed by atoms with Gasteiger partial charge in [-0.1, -0.05) is 19.3 Å². The first kappa shape index (κ1) is 14.5. The molecule has 1 saturated carbocycles. The van der Waals surface area contributed by atoms with Crippen LogP contribution in [-0.4, -0.2) is 34.4 Å². The fraction of sp³-hybridized carbons (Fsp3) is 0.833. The van der Waals surface area contributed by atoms with Crippen LogP contribution >= 0.6 is 11.8 Å². The van der Waals surface area contributed by atoms with E-state index in [1.54, 1.807) is 0 Å². The molecular weight excluding hydrogens is 238 g/mol. The zero-order valence-electron chi connectivity index (χ0n) is 10.1. The topological polar surface area (TPSA) is 80.4 Å². The minimum absolute atomic E-state index is 0.262. The summed E-state index contributed by atoms with van der Waals surface area (Å²) in [4.78, 5) is 22.3. The van der Waals surface area contributed by atoms with Gasteiger partial charge in [0.25, 0.3) is 0 Å². The van der Waals surface area contributed by atoms with Crippen LogP contribution < -0.4 is 5.73 Å². The Bertz CT molecular complexity index is 264. The lowest BCUT2D eigenvalue weighted by Gasteiger charge is -2.20. The fourth-order valence-electron chi connectivity index (χ4n) is 2.08. The van der Waals surface area contributed by atoms with E-state index >= 15 is 0 Å². The molecule has 5 heteroatoms. The number of thioether (sulfide) groups is 1. The van der Waals surface area contributed by atoms with Gasteiger partial charge in [-0.05, 0) is 12.8 Å². The monoisotopic (exact) mass is 259 g/mol. The smallest absolute Gasteiger partial charge is 0.321 e. The van der Waals surface area contributed by atoms with Crippen molar-refractivity contribution in [3.8, 4) is 0 Å². The molecule has 0 aromatic rings. The van der Waals surface area contributed by atoms with Crippen LogP contribution in [-0.2, 0) is 9.59 Å². The second-order valence-corrected chi connectivity index (χ2v) is 5.72. The Balaban J connectivity index is 2.09. The predicted octanol–water partition coefficient (Wildman–Crippen LogP) is 1.67. The molecule has 98 valence electrons. The van der Waals surface area contributed by atoms with Crippen molar-refractivity contribution in [1.82, 2.24) is 0 Å². The van der Waals surface area contributed by atoms with Gasteiger partial charge < -0.3 is 10.8 Å². The predicted molar refractivity (Wildman–Crippen MR) is 69.1 cm³/mol. The molecule has 0 spiro atoms. The number of hydrogen-bond acceptors (Lipinski definition) is 4. The van der Waals surface area contributed by atoms with Crippen LogP contribution in [0.5, 0.6) is 0 Å². The second kappa shape index (κ2) is 7.71. The van der Waals surface area contributed by atoms with Crippen LogP contribution in [0.25, 0.3) is 0 Å². The number of carboxylic acids is 1. The van der Waals surface area contributed by atoms with Gasteiger partial charge in [-0.15, -0.1) is 0 Å². The maximum atomic E-state index is 11.8. The second-order valence-electron chi connectivity index (χ2n) is 4.57. The fourth-order valence-corrected chi connectivity index (χ4v) is 2.99. The first-order chi connectivity index (χ1) is 8.11. The number of carbonyl (C=O) groups is 2. The summed E-state index contributed by atoms with van der Waals surface area (Å²) in [5.74, 6) is 0.707. The normalized spacial score (nSPS) is 18.9. The molecule has 0 aromatic carbocycles. The first-order valence-electron chi connectivity index (χ1n) is 6.20. The zero-order valence-corrected chi connectivity index (χ0v) is 10.9. The molecule has 0 amide bonds. The van der Waals surface area contributed by atoms with Crippen molar-refractivity contribution in [1.29, 1.82) is 0 Å². The van der Waals surface area contributed by atoms with E-state index in [9.17, 15) is 9.59 Å². The van der Waals surface area contributed by atoms with Gasteiger partial charge in [-0.25, -0.2) is 0 Å². The minimum atomic E-state index is -0.976. The molecule has 3 N–H and O–H groups in total. The molecule has 0 aliphatic heterocycles. The first-order valence-corrected chi connectivity index (χ1v) is 7.35. The van der Waals surface area contributed by atoms with E-state index < -0.39 is 12.0 Å². The van der Waals surface area contributed by atoms with Crippen LogP contribution in [0.2, 0.25) is 0 Å². The van der Waals surface area contributed by atoms with Crippen molar-refractivity contribution in [2.45, 2.75) is 44.6 Å². The van der Waals surface area contributed by atoms with Gasteiger partial charge in [0.2, 0.25) is 0 Å². The number of aliphatic carboxylic acids is 1. The van der Waals surface area contributed by atoms with Crippen molar-refractivity contribution in [3.05, 3.63) is 0 Å². The van der Waals surface area contributed by atoms with E-state index in [0.717, 1.165) is 12.8 Å². The van der Waals surface area contributed by atoms with E-state index in [1.807, 2.05) is 0 Å². The van der Waals surface area contributed by atoms with E-state index in [0.29, 0.717) is 23.7 Å². The number of rotatable bonds is 7. The molecular formula is C12H21NO3S. The molecule has 1 aliphatic carbocycles. The quantitative estimate of drug-likeness (QED) is 0.680. The highest BCUT2D eigenvalue weighted by molar-refractivity contribution is 7.99. The Kier molecular flexibility index (Phi) is 6.58. The number of nitrogens with two attached hydrogens (primary N) is 1. The zero-order chi connectivity index (χ0) is 12.7. The lowest BCUT2D eigenvalue weighted by Crippen LogP contribution is -2.32. The summed E-state index contributed by atoms with van der Waals surface area (Å²) >= 11 is 1.46. The third-order valence-electron chi connectivity index (χ3n) is 3.17. The lowest BCUT2D eigenvalue weighted by atomic mass is 9.85. The van der Waals surface area contributed by atoms with Gasteiger partial charge in [0.15, 0.2) is 0 Å². The van der Waals surface area contributed by atoms with Crippen LogP contribution in [0.3, 0.4) is 0 Å². The molecule has 1 rings (SSSR count). The van der Waals surface area contributed by atoms with Crippen molar-refractivity contribution in [2.24, 2.45) is 11.7 Å². The van der Waals surface area contributed by atoms with Crippen molar-refractivity contribution >= 4 is 23.5 Å². The largest absolute Gasteiger partial charge is 0.480 e. The number of Topliss-reactive ketones (excluding diaryl/α,β-unsaturated/α-hetero) is 1. The molecule has 0 aromatic heterocycles. The summed E-state index contributed by atoms with van der Waals surface area (Å²) in [6.07, 6.45) is 6.24. The molecule has 0 radical (unpaired) electrons. The number of ketones is 1. The number of hydrogen-bond donors (Lipinski definition) is 2. The SMILES string of the molecule is NC(CSCCC(=O)C1CCCCC1)C(=O)O. The Morgan fingerprint density at radius 3 is 2.53 bits per heavy atom. The van der Waals surface area contributed by atoms with Gasteiger partial charge in [0, 0.05) is 23.8 Å². The maximum Gasteiger partial charge on any atom is 0.321 e. The van der Waals surface area contributed by atoms with Gasteiger partial charge in [-0.3, -0.25) is 9.59 Å². The van der Waals surface area contributed by atoms with Crippen LogP contribution in [0.4, 0.5) is 0 Å². The Morgan fingerprint density at radius 1 is 1.29 bits per heavy atom. The molecule has 1 fully saturated rings. The highest BCUT2D eigenvalue weighted by atomic mass is 32.2. The van der Waals surface area contributed by atoms with Gasteiger partial charge >= 0.3 is 5.97 Å². The minimum Gasteiger partial charge on any atom is -0.480 e. The molecule has 1 unspecified atom stereocenters. The van der Waals surface area contributed by atoms with Crippen molar-refractivity contribution in [2.75, 3.05) is 11.5 Å². The van der Waals surface area contributed by atoms with E-state index in [2.05, 4.69) is 0 Å². The number of carbonyl (C=O) groups excluding carboxylic acids is 1. The average Bonchev–Trinajstić information content (AvgIpc) is 2.35. The Morgan fingerprint density at radius 2 is 1.94 bits per heavy atom. The molecule has 1 atom stereocenters. The van der Waals surface area contributed by atoms with Crippen LogP contribution in [0.1, 0.15) is 38.5 Å². The molecule has 0 bridgehead atoms. The van der Waals surface area contributed by atoms with E-state index in [-0.39, 0.29) is 5.92 Å². The van der Waals surface area contributed by atoms with Crippen molar-refractivity contribution < 1.29 is 14.7 Å². The summed E-state index contributed by atoms with van der Waals surface area (Å²) in [6, 6.07) is -0.815. The third kappa shape index (κ3) is 5.55. The standard InChI is InChI=1S/C12H21NO3S/c13-10(12(15)16)8-17-7-6-11(14)9-4-2-1-3-5-9/h9-10H,1-8,13H2,(H,15,16). The average molecular weight is 259 g/mol. The van der Waals surface area contributed by atoms with Gasteiger partial charge in [0.05, 0.1) is 0 Å². The van der Waals surface area contributed by atoms with Crippen LogP contribution in [0.15, 0.2) is 0 Å². The molecule has 17 heavy (non-hydrogen) atoms. The van der Waals surface area contributed by atoms with E-state index in [4.69, 9.17) is 10.8 Å². The number of carboxylic acid groups (broad SMARTS) is 1. The molecule has 0 saturated heterocycles. The Labute approximate surface area is 106 Å². The Hall–Kier alpha value is -0.550. The summed E-state index contributed by atoms with van der Waals surface area (Å²) in [5.41, 5.74) is 5.37. The molecule has 4 nitrogen and oxygen atoms in total. The molecule has 0 heterocycles. The maximum absolute atomic E-state index is 11.8.